The van der Waals surface area contributed by atoms with Crippen molar-refractivity contribution < 1.29 is 4.74 Å². The molecule has 0 radical (unpaired) electrons. The highest BCUT2D eigenvalue weighted by Gasteiger charge is 2.03. The highest BCUT2D eigenvalue weighted by Crippen LogP contribution is 2.13. The Hall–Kier alpha value is -2.13. The fourth-order valence-corrected chi connectivity index (χ4v) is 3.38. The first-order valence-corrected chi connectivity index (χ1v) is 10.2. The van der Waals surface area contributed by atoms with Crippen molar-refractivity contribution in [3.63, 3.8) is 0 Å². The third kappa shape index (κ3) is 8.02. The van der Waals surface area contributed by atoms with E-state index in [9.17, 15) is 0 Å². The molecule has 0 unspecified atom stereocenters. The van der Waals surface area contributed by atoms with E-state index in [0.29, 0.717) is 19.7 Å². The minimum absolute atomic E-state index is 0. The van der Waals surface area contributed by atoms with E-state index in [0.717, 1.165) is 34.4 Å². The number of hydrogen-bond acceptors (Lipinski definition) is 4. The van der Waals surface area contributed by atoms with Crippen molar-refractivity contribution in [1.82, 2.24) is 15.6 Å². The normalized spacial score (nSPS) is 10.9. The maximum atomic E-state index is 5.83. The number of ether oxygens (including phenoxy) is 1. The van der Waals surface area contributed by atoms with Crippen LogP contribution in [0.25, 0.3) is 0 Å². The van der Waals surface area contributed by atoms with Crippen LogP contribution >= 0.6 is 35.3 Å². The molecule has 1 aromatic heterocycles. The summed E-state index contributed by atoms with van der Waals surface area (Å²) in [6.45, 7) is 6.76. The predicted molar refractivity (Wildman–Crippen MR) is 131 cm³/mol. The molecule has 0 atom stereocenters. The summed E-state index contributed by atoms with van der Waals surface area (Å²) in [6, 6.07) is 18.2. The average Bonchev–Trinajstić information content (AvgIpc) is 3.15. The third-order valence-corrected chi connectivity index (χ3v) is 4.89. The van der Waals surface area contributed by atoms with Gasteiger partial charge in [0.15, 0.2) is 5.96 Å². The Morgan fingerprint density at radius 1 is 1.07 bits per heavy atom. The summed E-state index contributed by atoms with van der Waals surface area (Å²) >= 11 is 1.70. The molecular formula is C22H27IN4OS. The fraction of sp³-hybridized carbons (Fsp3) is 0.273. The van der Waals surface area contributed by atoms with E-state index >= 15 is 0 Å². The lowest BCUT2D eigenvalue weighted by atomic mass is 10.1. The standard InChI is InChI=1S/C22H26N4OS.HI/c1-3-23-22(26-15-21-24-13-17(2)28-21)25-14-18-8-7-9-19(12-18)16-27-20-10-5-4-6-11-20;/h4-13H,3,14-16H2,1-2H3,(H2,23,25,26);1H. The number of nitrogens with one attached hydrogen (secondary N) is 2. The summed E-state index contributed by atoms with van der Waals surface area (Å²) in [6.07, 6.45) is 1.90. The van der Waals surface area contributed by atoms with Crippen molar-refractivity contribution in [2.24, 2.45) is 4.99 Å². The van der Waals surface area contributed by atoms with E-state index in [4.69, 9.17) is 9.73 Å². The lowest BCUT2D eigenvalue weighted by Crippen LogP contribution is -2.36. The number of nitrogens with zero attached hydrogens (tertiary/aromatic N) is 2. The molecular weight excluding hydrogens is 495 g/mol. The van der Waals surface area contributed by atoms with Crippen molar-refractivity contribution >= 4 is 41.3 Å². The molecule has 0 saturated carbocycles. The van der Waals surface area contributed by atoms with Crippen molar-refractivity contribution in [2.75, 3.05) is 6.54 Å². The van der Waals surface area contributed by atoms with Crippen LogP contribution in [0.4, 0.5) is 0 Å². The molecule has 7 heteroatoms. The number of guanidine groups is 1. The second-order valence-corrected chi connectivity index (χ2v) is 7.65. The van der Waals surface area contributed by atoms with Crippen molar-refractivity contribution in [2.45, 2.75) is 33.5 Å². The Balaban J connectivity index is 0.00000300. The van der Waals surface area contributed by atoms with Crippen LogP contribution < -0.4 is 15.4 Å². The Morgan fingerprint density at radius 3 is 2.59 bits per heavy atom. The van der Waals surface area contributed by atoms with Gasteiger partial charge in [0.25, 0.3) is 0 Å². The van der Waals surface area contributed by atoms with Crippen LogP contribution in [0.15, 0.2) is 65.8 Å². The first-order valence-electron chi connectivity index (χ1n) is 9.42. The molecule has 0 amide bonds. The summed E-state index contributed by atoms with van der Waals surface area (Å²) < 4.78 is 5.83. The van der Waals surface area contributed by atoms with E-state index in [1.54, 1.807) is 11.3 Å². The number of hydrogen-bond donors (Lipinski definition) is 2. The zero-order valence-corrected chi connectivity index (χ0v) is 19.9. The molecule has 0 aliphatic rings. The zero-order chi connectivity index (χ0) is 19.6. The van der Waals surface area contributed by atoms with Crippen molar-refractivity contribution in [1.29, 1.82) is 0 Å². The second kappa shape index (κ2) is 12.4. The molecule has 3 rings (SSSR count). The molecule has 29 heavy (non-hydrogen) atoms. The van der Waals surface area contributed by atoms with Crippen LogP contribution in [0, 0.1) is 6.92 Å². The van der Waals surface area contributed by atoms with Gasteiger partial charge in [-0.1, -0.05) is 42.5 Å². The molecule has 0 saturated heterocycles. The maximum absolute atomic E-state index is 5.83. The van der Waals surface area contributed by atoms with Gasteiger partial charge < -0.3 is 15.4 Å². The Morgan fingerprint density at radius 2 is 1.86 bits per heavy atom. The molecule has 0 aliphatic heterocycles. The van der Waals surface area contributed by atoms with E-state index in [1.807, 2.05) is 42.6 Å². The predicted octanol–water partition coefficient (Wildman–Crippen LogP) is 4.90. The number of para-hydroxylation sites is 1. The molecule has 5 nitrogen and oxygen atoms in total. The molecule has 154 valence electrons. The largest absolute Gasteiger partial charge is 0.489 e. The lowest BCUT2D eigenvalue weighted by Gasteiger charge is -2.11. The van der Waals surface area contributed by atoms with Crippen LogP contribution in [0.1, 0.15) is 27.9 Å². The van der Waals surface area contributed by atoms with Crippen molar-refractivity contribution in [3.8, 4) is 5.75 Å². The Kier molecular flexibility index (Phi) is 9.93. The fourth-order valence-electron chi connectivity index (χ4n) is 2.66. The minimum atomic E-state index is 0. The topological polar surface area (TPSA) is 58.5 Å². The van der Waals surface area contributed by atoms with Gasteiger partial charge in [-0.25, -0.2) is 9.98 Å². The van der Waals surface area contributed by atoms with E-state index < -0.39 is 0 Å². The van der Waals surface area contributed by atoms with Gasteiger partial charge >= 0.3 is 0 Å². The van der Waals surface area contributed by atoms with Crippen LogP contribution in [0.5, 0.6) is 5.75 Å². The summed E-state index contributed by atoms with van der Waals surface area (Å²) in [4.78, 5) is 10.3. The van der Waals surface area contributed by atoms with Crippen molar-refractivity contribution in [3.05, 3.63) is 81.8 Å². The van der Waals surface area contributed by atoms with Gasteiger partial charge in [-0.05, 0) is 37.1 Å². The van der Waals surface area contributed by atoms with Gasteiger partial charge in [-0.2, -0.15) is 0 Å². The molecule has 0 aliphatic carbocycles. The van der Waals surface area contributed by atoms with Gasteiger partial charge in [0.2, 0.25) is 0 Å². The first kappa shape index (κ1) is 23.2. The number of benzene rings is 2. The number of aryl methyl sites for hydroxylation is 1. The number of aliphatic imine (C=N–C) groups is 1. The third-order valence-electron chi connectivity index (χ3n) is 3.98. The molecule has 0 spiro atoms. The van der Waals surface area contributed by atoms with Gasteiger partial charge in [0.1, 0.15) is 17.4 Å². The molecule has 0 fully saturated rings. The summed E-state index contributed by atoms with van der Waals surface area (Å²) in [5.41, 5.74) is 2.28. The maximum Gasteiger partial charge on any atom is 0.191 e. The Bertz CT molecular complexity index is 899. The average molecular weight is 522 g/mol. The van der Waals surface area contributed by atoms with Crippen LogP contribution in [-0.2, 0) is 19.7 Å². The Labute approximate surface area is 193 Å². The quantitative estimate of drug-likeness (QED) is 0.251. The monoisotopic (exact) mass is 522 g/mol. The highest BCUT2D eigenvalue weighted by atomic mass is 127. The van der Waals surface area contributed by atoms with E-state index in [-0.39, 0.29) is 24.0 Å². The van der Waals surface area contributed by atoms with Gasteiger partial charge in [-0.3, -0.25) is 0 Å². The summed E-state index contributed by atoms with van der Waals surface area (Å²) in [7, 11) is 0. The number of rotatable bonds is 8. The molecule has 2 aromatic carbocycles. The van der Waals surface area contributed by atoms with E-state index in [2.05, 4.69) is 47.7 Å². The first-order chi connectivity index (χ1) is 13.7. The number of halogens is 1. The van der Waals surface area contributed by atoms with Crippen LogP contribution in [-0.4, -0.2) is 17.5 Å². The molecule has 3 aromatic rings. The van der Waals surface area contributed by atoms with Gasteiger partial charge in [0.05, 0.1) is 13.1 Å². The van der Waals surface area contributed by atoms with E-state index in [1.165, 1.54) is 4.88 Å². The zero-order valence-electron chi connectivity index (χ0n) is 16.7. The number of thiazole rings is 1. The summed E-state index contributed by atoms with van der Waals surface area (Å²) in [5, 5.41) is 7.68. The lowest BCUT2D eigenvalue weighted by molar-refractivity contribution is 0.306. The minimum Gasteiger partial charge on any atom is -0.489 e. The summed E-state index contributed by atoms with van der Waals surface area (Å²) in [5.74, 6) is 1.67. The second-order valence-electron chi connectivity index (χ2n) is 6.34. The molecule has 0 bridgehead atoms. The van der Waals surface area contributed by atoms with Gasteiger partial charge in [-0.15, -0.1) is 35.3 Å². The van der Waals surface area contributed by atoms with Gasteiger partial charge in [0, 0.05) is 17.6 Å². The smallest absolute Gasteiger partial charge is 0.191 e. The highest BCUT2D eigenvalue weighted by molar-refractivity contribution is 14.0. The SMILES string of the molecule is CCNC(=NCc1cccc(COc2ccccc2)c1)NCc1ncc(C)s1.I. The molecule has 2 N–H and O–H groups in total. The van der Waals surface area contributed by atoms with Crippen LogP contribution in [0.2, 0.25) is 0 Å². The number of aromatic nitrogens is 1. The van der Waals surface area contributed by atoms with Crippen LogP contribution in [0.3, 0.4) is 0 Å². The molecule has 1 heterocycles.